The first-order valence-corrected chi connectivity index (χ1v) is 6.72. The van der Waals surface area contributed by atoms with E-state index in [1.165, 1.54) is 4.88 Å². The smallest absolute Gasteiger partial charge is 0.0984 e. The molecule has 2 heterocycles. The SMILES string of the molecule is COCc1nc(Cc2cccs2)sc1CN. The Hall–Kier alpha value is -0.750. The average molecular weight is 254 g/mol. The Morgan fingerprint density at radius 2 is 2.38 bits per heavy atom. The molecule has 2 N–H and O–H groups in total. The van der Waals surface area contributed by atoms with Gasteiger partial charge >= 0.3 is 0 Å². The average Bonchev–Trinajstić information content (AvgIpc) is 2.89. The number of thiazole rings is 1. The number of hydrogen-bond acceptors (Lipinski definition) is 5. The zero-order valence-electron chi connectivity index (χ0n) is 9.10. The Balaban J connectivity index is 2.15. The van der Waals surface area contributed by atoms with Crippen molar-refractivity contribution in [3.8, 4) is 0 Å². The summed E-state index contributed by atoms with van der Waals surface area (Å²) < 4.78 is 5.11. The summed E-state index contributed by atoms with van der Waals surface area (Å²) in [7, 11) is 1.68. The maximum absolute atomic E-state index is 5.69. The molecule has 86 valence electrons. The first-order chi connectivity index (χ1) is 7.83. The third-order valence-corrected chi connectivity index (χ3v) is 4.19. The Morgan fingerprint density at radius 1 is 1.50 bits per heavy atom. The fraction of sp³-hybridized carbons (Fsp3) is 0.364. The highest BCUT2D eigenvalue weighted by molar-refractivity contribution is 7.12. The van der Waals surface area contributed by atoms with Crippen LogP contribution in [0.25, 0.3) is 0 Å². The van der Waals surface area contributed by atoms with Crippen molar-refractivity contribution >= 4 is 22.7 Å². The minimum atomic E-state index is 0.542. The number of methoxy groups -OCH3 is 1. The molecule has 0 saturated heterocycles. The molecule has 5 heteroatoms. The summed E-state index contributed by atoms with van der Waals surface area (Å²) in [5.41, 5.74) is 6.67. The van der Waals surface area contributed by atoms with Crippen molar-refractivity contribution in [3.63, 3.8) is 0 Å². The molecule has 0 unspecified atom stereocenters. The van der Waals surface area contributed by atoms with Crippen molar-refractivity contribution in [1.29, 1.82) is 0 Å². The molecule has 0 saturated carbocycles. The van der Waals surface area contributed by atoms with E-state index in [1.807, 2.05) is 0 Å². The lowest BCUT2D eigenvalue weighted by atomic mass is 10.3. The molecule has 0 radical (unpaired) electrons. The lowest BCUT2D eigenvalue weighted by Crippen LogP contribution is -1.99. The fourth-order valence-corrected chi connectivity index (χ4v) is 3.26. The van der Waals surface area contributed by atoms with Crippen LogP contribution in [0.2, 0.25) is 0 Å². The molecule has 0 aliphatic rings. The summed E-state index contributed by atoms with van der Waals surface area (Å²) >= 11 is 3.45. The maximum atomic E-state index is 5.69. The third kappa shape index (κ3) is 2.68. The molecule has 2 aromatic rings. The Kier molecular flexibility index (Phi) is 4.06. The first kappa shape index (κ1) is 11.7. The van der Waals surface area contributed by atoms with Crippen molar-refractivity contribution in [3.05, 3.63) is 38.0 Å². The van der Waals surface area contributed by atoms with Gasteiger partial charge in [0, 0.05) is 29.8 Å². The molecular weight excluding hydrogens is 240 g/mol. The van der Waals surface area contributed by atoms with E-state index in [0.29, 0.717) is 13.2 Å². The van der Waals surface area contributed by atoms with Gasteiger partial charge in [0.1, 0.15) is 0 Å². The molecule has 16 heavy (non-hydrogen) atoms. The summed E-state index contributed by atoms with van der Waals surface area (Å²) in [6.07, 6.45) is 0.902. The van der Waals surface area contributed by atoms with Crippen molar-refractivity contribution in [2.75, 3.05) is 7.11 Å². The van der Waals surface area contributed by atoms with E-state index in [2.05, 4.69) is 22.5 Å². The largest absolute Gasteiger partial charge is 0.378 e. The van der Waals surface area contributed by atoms with Crippen LogP contribution >= 0.6 is 22.7 Å². The van der Waals surface area contributed by atoms with Gasteiger partial charge in [0.15, 0.2) is 0 Å². The van der Waals surface area contributed by atoms with Gasteiger partial charge in [-0.25, -0.2) is 4.98 Å². The molecule has 2 aromatic heterocycles. The van der Waals surface area contributed by atoms with Crippen LogP contribution in [0.15, 0.2) is 17.5 Å². The van der Waals surface area contributed by atoms with Crippen LogP contribution in [0.5, 0.6) is 0 Å². The van der Waals surface area contributed by atoms with E-state index in [-0.39, 0.29) is 0 Å². The zero-order chi connectivity index (χ0) is 11.4. The van der Waals surface area contributed by atoms with Crippen LogP contribution in [0, 0.1) is 0 Å². The van der Waals surface area contributed by atoms with Gasteiger partial charge in [-0.1, -0.05) is 6.07 Å². The number of rotatable bonds is 5. The number of aromatic nitrogens is 1. The summed E-state index contributed by atoms with van der Waals surface area (Å²) in [5, 5.41) is 3.21. The number of ether oxygens (including phenoxy) is 1. The highest BCUT2D eigenvalue weighted by Gasteiger charge is 2.10. The highest BCUT2D eigenvalue weighted by atomic mass is 32.1. The number of thiophene rings is 1. The monoisotopic (exact) mass is 254 g/mol. The quantitative estimate of drug-likeness (QED) is 0.891. The highest BCUT2D eigenvalue weighted by Crippen LogP contribution is 2.23. The fourth-order valence-electron chi connectivity index (χ4n) is 1.48. The Bertz CT molecular complexity index is 437. The molecule has 0 amide bonds. The first-order valence-electron chi connectivity index (χ1n) is 5.02. The van der Waals surface area contributed by atoms with E-state index in [1.54, 1.807) is 29.8 Å². The lowest BCUT2D eigenvalue weighted by molar-refractivity contribution is 0.181. The van der Waals surface area contributed by atoms with Gasteiger partial charge in [-0.15, -0.1) is 22.7 Å². The van der Waals surface area contributed by atoms with Crippen LogP contribution in [0.3, 0.4) is 0 Å². The van der Waals surface area contributed by atoms with Gasteiger partial charge in [0.05, 0.1) is 17.3 Å². The van der Waals surface area contributed by atoms with Gasteiger partial charge in [-0.05, 0) is 11.4 Å². The summed E-state index contributed by atoms with van der Waals surface area (Å²) in [5.74, 6) is 0. The minimum absolute atomic E-state index is 0.542. The van der Waals surface area contributed by atoms with Gasteiger partial charge in [0.2, 0.25) is 0 Å². The molecule has 0 spiro atoms. The number of nitrogens with two attached hydrogens (primary N) is 1. The Labute approximate surface area is 103 Å². The van der Waals surface area contributed by atoms with Gasteiger partial charge < -0.3 is 10.5 Å². The summed E-state index contributed by atoms with van der Waals surface area (Å²) in [4.78, 5) is 7.03. The van der Waals surface area contributed by atoms with Gasteiger partial charge in [-0.3, -0.25) is 0 Å². The van der Waals surface area contributed by atoms with Crippen LogP contribution in [0.4, 0.5) is 0 Å². The van der Waals surface area contributed by atoms with Gasteiger partial charge in [0.25, 0.3) is 0 Å². The zero-order valence-corrected chi connectivity index (χ0v) is 10.7. The van der Waals surface area contributed by atoms with E-state index in [4.69, 9.17) is 10.5 Å². The van der Waals surface area contributed by atoms with Crippen LogP contribution < -0.4 is 5.73 Å². The molecule has 0 bridgehead atoms. The van der Waals surface area contributed by atoms with Crippen molar-refractivity contribution in [2.24, 2.45) is 5.73 Å². The van der Waals surface area contributed by atoms with Crippen LogP contribution in [-0.4, -0.2) is 12.1 Å². The summed E-state index contributed by atoms with van der Waals surface area (Å²) in [6, 6.07) is 4.19. The second-order valence-corrected chi connectivity index (χ2v) is 5.57. The third-order valence-electron chi connectivity index (χ3n) is 2.19. The predicted octanol–water partition coefficient (Wildman–Crippen LogP) is 2.40. The molecule has 0 fully saturated rings. The van der Waals surface area contributed by atoms with Crippen LogP contribution in [-0.2, 0) is 24.3 Å². The van der Waals surface area contributed by atoms with E-state index in [0.717, 1.165) is 22.0 Å². The second kappa shape index (κ2) is 5.54. The molecule has 0 aliphatic heterocycles. The molecule has 3 nitrogen and oxygen atoms in total. The van der Waals surface area contributed by atoms with E-state index in [9.17, 15) is 0 Å². The van der Waals surface area contributed by atoms with Crippen molar-refractivity contribution in [2.45, 2.75) is 19.6 Å². The molecule has 0 atom stereocenters. The number of nitrogens with zero attached hydrogens (tertiary/aromatic N) is 1. The molecule has 0 aromatic carbocycles. The minimum Gasteiger partial charge on any atom is -0.378 e. The summed E-state index contributed by atoms with van der Waals surface area (Å²) in [6.45, 7) is 1.09. The molecular formula is C11H14N2OS2. The Morgan fingerprint density at radius 3 is 3.00 bits per heavy atom. The van der Waals surface area contributed by atoms with E-state index >= 15 is 0 Å². The van der Waals surface area contributed by atoms with Crippen molar-refractivity contribution in [1.82, 2.24) is 4.98 Å². The topological polar surface area (TPSA) is 48.1 Å². The standard InChI is InChI=1S/C11H14N2OS2/c1-14-7-9-10(6-12)16-11(13-9)5-8-3-2-4-15-8/h2-4H,5-7,12H2,1H3. The van der Waals surface area contributed by atoms with Crippen molar-refractivity contribution < 1.29 is 4.74 Å². The lowest BCUT2D eigenvalue weighted by Gasteiger charge is -1.95. The van der Waals surface area contributed by atoms with Crippen LogP contribution in [0.1, 0.15) is 20.5 Å². The molecule has 0 aliphatic carbocycles. The van der Waals surface area contributed by atoms with Gasteiger partial charge in [-0.2, -0.15) is 0 Å². The predicted molar refractivity (Wildman–Crippen MR) is 67.8 cm³/mol. The second-order valence-electron chi connectivity index (χ2n) is 3.37. The number of hydrogen-bond donors (Lipinski definition) is 1. The van der Waals surface area contributed by atoms with E-state index < -0.39 is 0 Å². The normalized spacial score (nSPS) is 10.9. The molecule has 2 rings (SSSR count). The maximum Gasteiger partial charge on any atom is 0.0984 e.